The lowest BCUT2D eigenvalue weighted by Crippen LogP contribution is -2.23. The summed E-state index contributed by atoms with van der Waals surface area (Å²) in [7, 11) is 0. The van der Waals surface area contributed by atoms with Gasteiger partial charge in [-0.1, -0.05) is 76.7 Å². The highest BCUT2D eigenvalue weighted by Gasteiger charge is 2.20. The molecule has 2 heterocycles. The Balaban J connectivity index is 1.76. The van der Waals surface area contributed by atoms with Crippen LogP contribution < -0.4 is 5.69 Å². The molecule has 5 rings (SSSR count). The third kappa shape index (κ3) is 4.13. The first-order valence-corrected chi connectivity index (χ1v) is 11.4. The van der Waals surface area contributed by atoms with Crippen molar-refractivity contribution >= 4 is 52.1 Å². The van der Waals surface area contributed by atoms with Crippen LogP contribution in [-0.4, -0.2) is 19.4 Å². The molecule has 2 aromatic heterocycles. The van der Waals surface area contributed by atoms with E-state index in [1.807, 2.05) is 24.3 Å². The molecule has 0 saturated carbocycles. The standard InChI is InChI=1S/C24H14Cl4N4O/c25-16-8-4-14(5-9-16)18-12-29-32-23(22(18)15-6-10-17(26)11-7-15)30-31(24(32)33)13-19-20(27)2-1-3-21(19)28/h1-12H,13H2. The molecular formula is C24H14Cl4N4O. The van der Waals surface area contributed by atoms with E-state index in [9.17, 15) is 4.79 Å². The fourth-order valence-electron chi connectivity index (χ4n) is 3.65. The number of nitrogens with zero attached hydrogens (tertiary/aromatic N) is 4. The molecule has 0 atom stereocenters. The summed E-state index contributed by atoms with van der Waals surface area (Å²) in [6, 6.07) is 19.9. The molecule has 0 saturated heterocycles. The van der Waals surface area contributed by atoms with Crippen LogP contribution in [0.3, 0.4) is 0 Å². The SMILES string of the molecule is O=c1n(Cc2c(Cl)cccc2Cl)nc2c(-c3ccc(Cl)cc3)c(-c3ccc(Cl)cc3)cnn12. The van der Waals surface area contributed by atoms with Gasteiger partial charge in [0.2, 0.25) is 0 Å². The van der Waals surface area contributed by atoms with Gasteiger partial charge in [-0.25, -0.2) is 9.48 Å². The quantitative estimate of drug-likeness (QED) is 0.262. The predicted octanol–water partition coefficient (Wildman–Crippen LogP) is 6.89. The monoisotopic (exact) mass is 514 g/mol. The Morgan fingerprint density at radius 1 is 0.758 bits per heavy atom. The van der Waals surface area contributed by atoms with Crippen molar-refractivity contribution in [1.29, 1.82) is 0 Å². The molecule has 0 spiro atoms. The molecule has 164 valence electrons. The van der Waals surface area contributed by atoms with E-state index in [2.05, 4.69) is 10.2 Å². The molecular weight excluding hydrogens is 502 g/mol. The van der Waals surface area contributed by atoms with Crippen molar-refractivity contribution in [3.05, 3.63) is 109 Å². The van der Waals surface area contributed by atoms with Crippen molar-refractivity contribution in [3.8, 4) is 22.3 Å². The maximum absolute atomic E-state index is 13.2. The molecule has 0 unspecified atom stereocenters. The van der Waals surface area contributed by atoms with Crippen LogP contribution in [0.5, 0.6) is 0 Å². The first-order valence-electron chi connectivity index (χ1n) is 9.86. The largest absolute Gasteiger partial charge is 0.367 e. The fourth-order valence-corrected chi connectivity index (χ4v) is 4.41. The number of hydrogen-bond acceptors (Lipinski definition) is 3. The first-order chi connectivity index (χ1) is 15.9. The lowest BCUT2D eigenvalue weighted by molar-refractivity contribution is 0.650. The Kier molecular flexibility index (Phi) is 5.89. The zero-order valence-corrected chi connectivity index (χ0v) is 19.9. The molecule has 33 heavy (non-hydrogen) atoms. The van der Waals surface area contributed by atoms with E-state index < -0.39 is 5.69 Å². The van der Waals surface area contributed by atoms with Gasteiger partial charge in [0.25, 0.3) is 0 Å². The van der Waals surface area contributed by atoms with E-state index in [0.29, 0.717) is 31.3 Å². The van der Waals surface area contributed by atoms with Crippen LogP contribution in [0.15, 0.2) is 77.7 Å². The number of halogens is 4. The van der Waals surface area contributed by atoms with Crippen molar-refractivity contribution in [1.82, 2.24) is 19.4 Å². The van der Waals surface area contributed by atoms with Gasteiger partial charge in [-0.05, 0) is 47.5 Å². The summed E-state index contributed by atoms with van der Waals surface area (Å²) < 4.78 is 2.58. The van der Waals surface area contributed by atoms with Crippen molar-refractivity contribution in [2.45, 2.75) is 6.54 Å². The van der Waals surface area contributed by atoms with E-state index in [-0.39, 0.29) is 6.54 Å². The number of aromatic nitrogens is 4. The van der Waals surface area contributed by atoms with E-state index >= 15 is 0 Å². The molecule has 0 aliphatic carbocycles. The summed E-state index contributed by atoms with van der Waals surface area (Å²) in [4.78, 5) is 13.2. The Hall–Kier alpha value is -2.83. The zero-order valence-electron chi connectivity index (χ0n) is 16.8. The summed E-state index contributed by atoms with van der Waals surface area (Å²) in [6.07, 6.45) is 1.65. The Labute approximate surface area is 208 Å². The number of fused-ring (bicyclic) bond motifs is 1. The third-order valence-electron chi connectivity index (χ3n) is 5.27. The summed E-state index contributed by atoms with van der Waals surface area (Å²) in [5.74, 6) is 0. The van der Waals surface area contributed by atoms with Crippen LogP contribution in [0.1, 0.15) is 5.56 Å². The zero-order chi connectivity index (χ0) is 23.1. The third-order valence-corrected chi connectivity index (χ3v) is 6.48. The van der Waals surface area contributed by atoms with Gasteiger partial charge in [-0.15, -0.1) is 5.10 Å². The molecule has 5 aromatic rings. The van der Waals surface area contributed by atoms with E-state index in [1.165, 1.54) is 9.20 Å². The van der Waals surface area contributed by atoms with Crippen LogP contribution >= 0.6 is 46.4 Å². The average molecular weight is 516 g/mol. The summed E-state index contributed by atoms with van der Waals surface area (Å²) in [5.41, 5.74) is 3.87. The smallest absolute Gasteiger partial charge is 0.244 e. The molecule has 3 aromatic carbocycles. The van der Waals surface area contributed by atoms with Gasteiger partial charge >= 0.3 is 5.69 Å². The number of rotatable bonds is 4. The Bertz CT molecular complexity index is 1520. The molecule has 9 heteroatoms. The van der Waals surface area contributed by atoms with Crippen molar-refractivity contribution in [2.75, 3.05) is 0 Å². The van der Waals surface area contributed by atoms with Gasteiger partial charge in [-0.3, -0.25) is 0 Å². The van der Waals surface area contributed by atoms with Gasteiger partial charge in [-0.2, -0.15) is 9.61 Å². The molecule has 0 N–H and O–H groups in total. The minimum absolute atomic E-state index is 0.108. The molecule has 0 radical (unpaired) electrons. The summed E-state index contributed by atoms with van der Waals surface area (Å²) >= 11 is 24.8. The number of benzene rings is 3. The van der Waals surface area contributed by atoms with Gasteiger partial charge in [0, 0.05) is 36.8 Å². The second-order valence-corrected chi connectivity index (χ2v) is 9.01. The van der Waals surface area contributed by atoms with E-state index in [4.69, 9.17) is 46.4 Å². The Morgan fingerprint density at radius 3 is 1.94 bits per heavy atom. The maximum Gasteiger partial charge on any atom is 0.367 e. The maximum atomic E-state index is 13.2. The highest BCUT2D eigenvalue weighted by Crippen LogP contribution is 2.35. The van der Waals surface area contributed by atoms with Crippen LogP contribution in [0.25, 0.3) is 27.9 Å². The molecule has 0 aliphatic rings. The highest BCUT2D eigenvalue weighted by molar-refractivity contribution is 6.36. The lowest BCUT2D eigenvalue weighted by Gasteiger charge is -2.11. The normalized spacial score (nSPS) is 11.3. The molecule has 0 aliphatic heterocycles. The van der Waals surface area contributed by atoms with Crippen LogP contribution in [0.4, 0.5) is 0 Å². The topological polar surface area (TPSA) is 52.2 Å². The second kappa shape index (κ2) is 8.84. The molecule has 5 nitrogen and oxygen atoms in total. The summed E-state index contributed by atoms with van der Waals surface area (Å²) in [5, 5.41) is 11.1. The predicted molar refractivity (Wildman–Crippen MR) is 134 cm³/mol. The van der Waals surface area contributed by atoms with E-state index in [0.717, 1.165) is 22.3 Å². The minimum atomic E-state index is -0.404. The van der Waals surface area contributed by atoms with Crippen molar-refractivity contribution in [2.24, 2.45) is 0 Å². The molecule has 0 bridgehead atoms. The van der Waals surface area contributed by atoms with Gasteiger partial charge in [0.05, 0.1) is 12.7 Å². The first kappa shape index (κ1) is 22.0. The second-order valence-electron chi connectivity index (χ2n) is 7.32. The van der Waals surface area contributed by atoms with Crippen molar-refractivity contribution < 1.29 is 0 Å². The van der Waals surface area contributed by atoms with Crippen LogP contribution in [0.2, 0.25) is 20.1 Å². The Morgan fingerprint density at radius 2 is 1.33 bits per heavy atom. The fraction of sp³-hybridized carbons (Fsp3) is 0.0417. The van der Waals surface area contributed by atoms with E-state index in [1.54, 1.807) is 48.7 Å². The van der Waals surface area contributed by atoms with Crippen molar-refractivity contribution in [3.63, 3.8) is 0 Å². The summed E-state index contributed by atoms with van der Waals surface area (Å²) in [6.45, 7) is 0.108. The van der Waals surface area contributed by atoms with Gasteiger partial charge < -0.3 is 0 Å². The molecule has 0 fully saturated rings. The van der Waals surface area contributed by atoms with Gasteiger partial charge in [0.15, 0.2) is 5.65 Å². The van der Waals surface area contributed by atoms with Gasteiger partial charge in [0.1, 0.15) is 0 Å². The lowest BCUT2D eigenvalue weighted by atomic mass is 9.97. The minimum Gasteiger partial charge on any atom is -0.244 e. The van der Waals surface area contributed by atoms with Crippen LogP contribution in [-0.2, 0) is 6.54 Å². The highest BCUT2D eigenvalue weighted by atomic mass is 35.5. The molecule has 0 amide bonds. The number of hydrogen-bond donors (Lipinski definition) is 0. The van der Waals surface area contributed by atoms with Crippen LogP contribution in [0, 0.1) is 0 Å². The average Bonchev–Trinajstić information content (AvgIpc) is 3.12.